The Bertz CT molecular complexity index is 776. The Hall–Kier alpha value is -1.81. The standard InChI is InChI=1S/C22H31N5OS.HI/c1-18(19-9-15-29-17-19)16-25-22(23-2)24-10-8-21(28)27-13-11-26(12-14-27)20-6-4-3-5-7-20;/h3-7,9,15,17-18H,8,10-14,16H2,1-2H3,(H2,23,24,25);1H. The van der Waals surface area contributed by atoms with E-state index in [4.69, 9.17) is 0 Å². The monoisotopic (exact) mass is 541 g/mol. The predicted octanol–water partition coefficient (Wildman–Crippen LogP) is 3.37. The molecule has 0 spiro atoms. The molecule has 1 fully saturated rings. The number of aliphatic imine (C=N–C) groups is 1. The zero-order chi connectivity index (χ0) is 20.5. The largest absolute Gasteiger partial charge is 0.368 e. The smallest absolute Gasteiger partial charge is 0.224 e. The van der Waals surface area contributed by atoms with Gasteiger partial charge in [0.05, 0.1) is 0 Å². The van der Waals surface area contributed by atoms with Gasteiger partial charge in [-0.2, -0.15) is 11.3 Å². The summed E-state index contributed by atoms with van der Waals surface area (Å²) in [5, 5.41) is 10.9. The second kappa shape index (κ2) is 12.8. The van der Waals surface area contributed by atoms with Crippen LogP contribution in [0.1, 0.15) is 24.8 Å². The number of para-hydroxylation sites is 1. The van der Waals surface area contributed by atoms with E-state index in [0.717, 1.165) is 38.7 Å². The molecule has 0 radical (unpaired) electrons. The number of rotatable bonds is 7. The highest BCUT2D eigenvalue weighted by Gasteiger charge is 2.20. The van der Waals surface area contributed by atoms with E-state index < -0.39 is 0 Å². The van der Waals surface area contributed by atoms with Gasteiger partial charge < -0.3 is 20.4 Å². The van der Waals surface area contributed by atoms with E-state index in [9.17, 15) is 4.79 Å². The summed E-state index contributed by atoms with van der Waals surface area (Å²) in [6.45, 7) is 6.91. The van der Waals surface area contributed by atoms with Gasteiger partial charge in [0.25, 0.3) is 0 Å². The van der Waals surface area contributed by atoms with Gasteiger partial charge >= 0.3 is 0 Å². The van der Waals surface area contributed by atoms with E-state index in [1.807, 2.05) is 11.0 Å². The van der Waals surface area contributed by atoms with Crippen LogP contribution >= 0.6 is 35.3 Å². The van der Waals surface area contributed by atoms with E-state index in [2.05, 4.69) is 68.5 Å². The third-order valence-corrected chi connectivity index (χ3v) is 6.00. The first-order valence-electron chi connectivity index (χ1n) is 10.2. The number of amides is 1. The lowest BCUT2D eigenvalue weighted by Crippen LogP contribution is -2.49. The highest BCUT2D eigenvalue weighted by Crippen LogP contribution is 2.17. The molecule has 8 heteroatoms. The molecular weight excluding hydrogens is 509 g/mol. The first-order chi connectivity index (χ1) is 14.2. The number of nitrogens with zero attached hydrogens (tertiary/aromatic N) is 3. The molecule has 1 aliphatic rings. The van der Waals surface area contributed by atoms with Crippen LogP contribution in [0.3, 0.4) is 0 Å². The zero-order valence-electron chi connectivity index (χ0n) is 17.7. The lowest BCUT2D eigenvalue weighted by Gasteiger charge is -2.36. The molecule has 30 heavy (non-hydrogen) atoms. The molecule has 1 saturated heterocycles. The average Bonchev–Trinajstić information content (AvgIpc) is 3.31. The van der Waals surface area contributed by atoms with Gasteiger partial charge in [-0.15, -0.1) is 24.0 Å². The summed E-state index contributed by atoms with van der Waals surface area (Å²) >= 11 is 1.72. The molecule has 0 saturated carbocycles. The Morgan fingerprint density at radius 3 is 2.50 bits per heavy atom. The zero-order valence-corrected chi connectivity index (χ0v) is 20.9. The summed E-state index contributed by atoms with van der Waals surface area (Å²) in [5.74, 6) is 1.36. The van der Waals surface area contributed by atoms with Gasteiger partial charge in [0.15, 0.2) is 5.96 Å². The average molecular weight is 542 g/mol. The maximum Gasteiger partial charge on any atom is 0.224 e. The molecule has 2 N–H and O–H groups in total. The number of benzene rings is 1. The number of anilines is 1. The Kier molecular flexibility index (Phi) is 10.4. The molecule has 6 nitrogen and oxygen atoms in total. The molecule has 0 bridgehead atoms. The van der Waals surface area contributed by atoms with Crippen molar-refractivity contribution in [1.29, 1.82) is 0 Å². The fourth-order valence-electron chi connectivity index (χ4n) is 3.44. The number of hydrogen-bond donors (Lipinski definition) is 2. The van der Waals surface area contributed by atoms with Gasteiger partial charge in [0.2, 0.25) is 5.91 Å². The molecule has 1 amide bonds. The molecule has 1 aromatic carbocycles. The van der Waals surface area contributed by atoms with Crippen molar-refractivity contribution < 1.29 is 4.79 Å². The van der Waals surface area contributed by atoms with Crippen molar-refractivity contribution in [2.45, 2.75) is 19.3 Å². The van der Waals surface area contributed by atoms with E-state index in [-0.39, 0.29) is 29.9 Å². The fourth-order valence-corrected chi connectivity index (χ4v) is 4.22. The number of carbonyl (C=O) groups excluding carboxylic acids is 1. The molecule has 1 unspecified atom stereocenters. The third kappa shape index (κ3) is 7.16. The van der Waals surface area contributed by atoms with Crippen molar-refractivity contribution in [1.82, 2.24) is 15.5 Å². The first kappa shape index (κ1) is 24.5. The lowest BCUT2D eigenvalue weighted by molar-refractivity contribution is -0.131. The topological polar surface area (TPSA) is 60.0 Å². The highest BCUT2D eigenvalue weighted by atomic mass is 127. The van der Waals surface area contributed by atoms with Crippen LogP contribution < -0.4 is 15.5 Å². The van der Waals surface area contributed by atoms with Crippen LogP contribution in [-0.4, -0.2) is 63.1 Å². The summed E-state index contributed by atoms with van der Waals surface area (Å²) in [6, 6.07) is 12.5. The molecule has 2 aromatic rings. The molecule has 1 aliphatic heterocycles. The van der Waals surface area contributed by atoms with Crippen molar-refractivity contribution in [2.24, 2.45) is 4.99 Å². The minimum atomic E-state index is 0. The SMILES string of the molecule is CN=C(NCCC(=O)N1CCN(c2ccccc2)CC1)NCC(C)c1ccsc1.I. The van der Waals surface area contributed by atoms with Crippen molar-refractivity contribution in [3.05, 3.63) is 52.7 Å². The molecule has 1 aromatic heterocycles. The van der Waals surface area contributed by atoms with E-state index in [1.165, 1.54) is 11.3 Å². The summed E-state index contributed by atoms with van der Waals surface area (Å²) in [7, 11) is 1.76. The third-order valence-electron chi connectivity index (χ3n) is 5.30. The first-order valence-corrected chi connectivity index (χ1v) is 11.2. The van der Waals surface area contributed by atoms with E-state index in [0.29, 0.717) is 18.9 Å². The highest BCUT2D eigenvalue weighted by molar-refractivity contribution is 14.0. The minimum Gasteiger partial charge on any atom is -0.368 e. The maximum absolute atomic E-state index is 12.5. The Morgan fingerprint density at radius 2 is 1.87 bits per heavy atom. The van der Waals surface area contributed by atoms with Crippen LogP contribution in [0.15, 0.2) is 52.2 Å². The Balaban J connectivity index is 0.00000320. The summed E-state index contributed by atoms with van der Waals surface area (Å²) in [5.41, 5.74) is 2.57. The van der Waals surface area contributed by atoms with Crippen molar-refractivity contribution in [3.8, 4) is 0 Å². The van der Waals surface area contributed by atoms with Gasteiger partial charge in [-0.1, -0.05) is 25.1 Å². The number of piperazine rings is 1. The van der Waals surface area contributed by atoms with Crippen molar-refractivity contribution in [3.63, 3.8) is 0 Å². The molecule has 164 valence electrons. The number of carbonyl (C=O) groups is 1. The summed E-state index contributed by atoms with van der Waals surface area (Å²) in [4.78, 5) is 21.1. The van der Waals surface area contributed by atoms with Gasteiger partial charge in [-0.3, -0.25) is 9.79 Å². The Labute approximate surface area is 200 Å². The number of halogens is 1. The molecule has 1 atom stereocenters. The van der Waals surface area contributed by atoms with Gasteiger partial charge in [-0.25, -0.2) is 0 Å². The van der Waals surface area contributed by atoms with Crippen molar-refractivity contribution >= 4 is 52.9 Å². The summed E-state index contributed by atoms with van der Waals surface area (Å²) < 4.78 is 0. The second-order valence-electron chi connectivity index (χ2n) is 7.29. The second-order valence-corrected chi connectivity index (χ2v) is 8.07. The molecule has 0 aliphatic carbocycles. The molecular formula is C22H32IN5OS. The van der Waals surface area contributed by atoms with Crippen LogP contribution in [0.5, 0.6) is 0 Å². The Morgan fingerprint density at radius 1 is 1.13 bits per heavy atom. The minimum absolute atomic E-state index is 0. The number of nitrogens with one attached hydrogen (secondary N) is 2. The van der Waals surface area contributed by atoms with Crippen LogP contribution in [0, 0.1) is 0 Å². The predicted molar refractivity (Wildman–Crippen MR) is 137 cm³/mol. The van der Waals surface area contributed by atoms with Gasteiger partial charge in [0.1, 0.15) is 0 Å². The number of hydrogen-bond acceptors (Lipinski definition) is 4. The van der Waals surface area contributed by atoms with Crippen LogP contribution in [0.25, 0.3) is 0 Å². The van der Waals surface area contributed by atoms with Crippen LogP contribution in [-0.2, 0) is 4.79 Å². The summed E-state index contributed by atoms with van der Waals surface area (Å²) in [6.07, 6.45) is 0.478. The molecule has 2 heterocycles. The van der Waals surface area contributed by atoms with E-state index >= 15 is 0 Å². The number of thiophene rings is 1. The number of guanidine groups is 1. The lowest BCUT2D eigenvalue weighted by atomic mass is 10.1. The van der Waals surface area contributed by atoms with Gasteiger partial charge in [-0.05, 0) is 40.4 Å². The van der Waals surface area contributed by atoms with Crippen LogP contribution in [0.2, 0.25) is 0 Å². The van der Waals surface area contributed by atoms with Crippen LogP contribution in [0.4, 0.5) is 5.69 Å². The molecule has 3 rings (SSSR count). The fraction of sp³-hybridized carbons (Fsp3) is 0.455. The van der Waals surface area contributed by atoms with Gasteiger partial charge in [0, 0.05) is 58.4 Å². The normalized spacial score (nSPS) is 15.3. The van der Waals surface area contributed by atoms with Crippen molar-refractivity contribution in [2.75, 3.05) is 51.2 Å². The maximum atomic E-state index is 12.5. The van der Waals surface area contributed by atoms with E-state index in [1.54, 1.807) is 18.4 Å². The quantitative estimate of drug-likeness (QED) is 0.321.